The number of hydrogen-bond acceptors (Lipinski definition) is 8. The summed E-state index contributed by atoms with van der Waals surface area (Å²) in [4.78, 5) is 11.4. The molecule has 132 valence electrons. The first-order chi connectivity index (χ1) is 11.5. The number of ether oxygens (including phenoxy) is 4. The number of benzene rings is 1. The van der Waals surface area contributed by atoms with Gasteiger partial charge in [0, 0.05) is 13.0 Å². The first-order valence-electron chi connectivity index (χ1n) is 7.45. The van der Waals surface area contributed by atoms with E-state index in [1.54, 1.807) is 18.2 Å². The van der Waals surface area contributed by atoms with Crippen molar-refractivity contribution in [2.45, 2.75) is 37.6 Å². The molecule has 9 nitrogen and oxygen atoms in total. The molecule has 1 fully saturated rings. The van der Waals surface area contributed by atoms with Crippen LogP contribution in [0, 0.1) is 0 Å². The molecule has 9 heteroatoms. The van der Waals surface area contributed by atoms with E-state index in [9.17, 15) is 20.1 Å². The fourth-order valence-corrected chi connectivity index (χ4v) is 2.66. The number of hydrogen-bond donors (Lipinski definition) is 4. The summed E-state index contributed by atoms with van der Waals surface area (Å²) in [5, 5.41) is 31.9. The maximum atomic E-state index is 11.4. The van der Waals surface area contributed by atoms with Crippen LogP contribution in [0.5, 0.6) is 17.2 Å². The van der Waals surface area contributed by atoms with Gasteiger partial charge in [-0.15, -0.1) is 0 Å². The maximum Gasteiger partial charge on any atom is 0.231 e. The first kappa shape index (κ1) is 16.8. The number of fused-ring (bicyclic) bond motifs is 1. The minimum atomic E-state index is -1.36. The fraction of sp³-hybridized carbons (Fsp3) is 0.533. The molecule has 1 aromatic rings. The summed E-state index contributed by atoms with van der Waals surface area (Å²) in [6.07, 6.45) is -4.86. The third-order valence-corrected chi connectivity index (χ3v) is 3.85. The Labute approximate surface area is 137 Å². The lowest BCUT2D eigenvalue weighted by Gasteiger charge is -2.42. The molecule has 0 aliphatic carbocycles. The maximum absolute atomic E-state index is 11.4. The Bertz CT molecular complexity index is 609. The third kappa shape index (κ3) is 3.24. The van der Waals surface area contributed by atoms with Crippen molar-refractivity contribution in [2.24, 2.45) is 0 Å². The van der Waals surface area contributed by atoms with Crippen LogP contribution >= 0.6 is 0 Å². The number of rotatable bonds is 4. The molecule has 1 aromatic carbocycles. The molecule has 4 N–H and O–H groups in total. The Balaban J connectivity index is 1.80. The summed E-state index contributed by atoms with van der Waals surface area (Å²) < 4.78 is 21.6. The largest absolute Gasteiger partial charge is 0.462 e. The second-order valence-electron chi connectivity index (χ2n) is 5.57. The topological polar surface area (TPSA) is 127 Å². The van der Waals surface area contributed by atoms with Gasteiger partial charge in [0.05, 0.1) is 6.61 Å². The van der Waals surface area contributed by atoms with E-state index >= 15 is 0 Å². The molecule has 2 heterocycles. The molecular weight excluding hydrogens is 322 g/mol. The van der Waals surface area contributed by atoms with Crippen molar-refractivity contribution < 1.29 is 39.1 Å². The molecule has 5 unspecified atom stereocenters. The predicted molar refractivity (Wildman–Crippen MR) is 78.6 cm³/mol. The average Bonchev–Trinajstić information content (AvgIpc) is 3.01. The molecule has 3 rings (SSSR count). The number of amides is 1. The van der Waals surface area contributed by atoms with Crippen LogP contribution in [0.1, 0.15) is 6.92 Å². The van der Waals surface area contributed by atoms with Crippen LogP contribution in [-0.4, -0.2) is 65.3 Å². The highest BCUT2D eigenvalue weighted by Gasteiger charge is 2.46. The van der Waals surface area contributed by atoms with Crippen LogP contribution < -0.4 is 19.5 Å². The Morgan fingerprint density at radius 3 is 2.75 bits per heavy atom. The minimum Gasteiger partial charge on any atom is -0.462 e. The van der Waals surface area contributed by atoms with Gasteiger partial charge >= 0.3 is 0 Å². The summed E-state index contributed by atoms with van der Waals surface area (Å²) in [5.41, 5.74) is 0. The normalized spacial score (nSPS) is 31.6. The van der Waals surface area contributed by atoms with E-state index < -0.39 is 43.2 Å². The Morgan fingerprint density at radius 1 is 1.29 bits per heavy atom. The highest BCUT2D eigenvalue weighted by Crippen LogP contribution is 2.36. The van der Waals surface area contributed by atoms with Crippen molar-refractivity contribution in [1.82, 2.24) is 5.32 Å². The SMILES string of the molecule is CC(=O)NC1C(Oc2ccc3c(c2)OCO3)OC(CO)C(O)C1O. The summed E-state index contributed by atoms with van der Waals surface area (Å²) in [5.74, 6) is 1.02. The van der Waals surface area contributed by atoms with Crippen LogP contribution in [-0.2, 0) is 9.53 Å². The van der Waals surface area contributed by atoms with E-state index in [1.165, 1.54) is 6.92 Å². The summed E-state index contributed by atoms with van der Waals surface area (Å²) >= 11 is 0. The molecule has 0 bridgehead atoms. The van der Waals surface area contributed by atoms with Crippen LogP contribution in [0.15, 0.2) is 18.2 Å². The van der Waals surface area contributed by atoms with Crippen LogP contribution in [0.4, 0.5) is 0 Å². The molecule has 0 saturated carbocycles. The zero-order valence-electron chi connectivity index (χ0n) is 12.9. The third-order valence-electron chi connectivity index (χ3n) is 3.85. The van der Waals surface area contributed by atoms with Crippen molar-refractivity contribution in [1.29, 1.82) is 0 Å². The van der Waals surface area contributed by atoms with Crippen molar-refractivity contribution in [3.8, 4) is 17.2 Å². The van der Waals surface area contributed by atoms with Gasteiger partial charge in [0.2, 0.25) is 19.0 Å². The quantitative estimate of drug-likeness (QED) is 0.534. The van der Waals surface area contributed by atoms with Crippen molar-refractivity contribution in [3.05, 3.63) is 18.2 Å². The minimum absolute atomic E-state index is 0.116. The fourth-order valence-electron chi connectivity index (χ4n) is 2.66. The highest BCUT2D eigenvalue weighted by molar-refractivity contribution is 5.73. The van der Waals surface area contributed by atoms with E-state index in [0.29, 0.717) is 17.2 Å². The molecule has 1 saturated heterocycles. The lowest BCUT2D eigenvalue weighted by atomic mass is 9.97. The zero-order chi connectivity index (χ0) is 17.3. The Morgan fingerprint density at radius 2 is 2.04 bits per heavy atom. The molecule has 0 spiro atoms. The predicted octanol–water partition coefficient (Wildman–Crippen LogP) is -1.26. The molecule has 2 aliphatic heterocycles. The van der Waals surface area contributed by atoms with Crippen LogP contribution in [0.2, 0.25) is 0 Å². The van der Waals surface area contributed by atoms with Gasteiger partial charge in [-0.25, -0.2) is 0 Å². The average molecular weight is 341 g/mol. The number of carbonyl (C=O) groups is 1. The summed E-state index contributed by atoms with van der Waals surface area (Å²) in [6.45, 7) is 0.881. The molecular formula is C15H19NO8. The summed E-state index contributed by atoms with van der Waals surface area (Å²) in [7, 11) is 0. The smallest absolute Gasteiger partial charge is 0.231 e. The van der Waals surface area contributed by atoms with Gasteiger partial charge in [0.25, 0.3) is 0 Å². The van der Waals surface area contributed by atoms with E-state index in [-0.39, 0.29) is 6.79 Å². The van der Waals surface area contributed by atoms with E-state index in [1.807, 2.05) is 0 Å². The molecule has 5 atom stereocenters. The lowest BCUT2D eigenvalue weighted by Crippen LogP contribution is -2.65. The second kappa shape index (κ2) is 6.81. The van der Waals surface area contributed by atoms with Crippen molar-refractivity contribution in [3.63, 3.8) is 0 Å². The lowest BCUT2D eigenvalue weighted by molar-refractivity contribution is -0.244. The van der Waals surface area contributed by atoms with Crippen LogP contribution in [0.3, 0.4) is 0 Å². The number of nitrogens with one attached hydrogen (secondary N) is 1. The van der Waals surface area contributed by atoms with Crippen LogP contribution in [0.25, 0.3) is 0 Å². The monoisotopic (exact) mass is 341 g/mol. The van der Waals surface area contributed by atoms with Gasteiger partial charge in [-0.05, 0) is 12.1 Å². The van der Waals surface area contributed by atoms with E-state index in [4.69, 9.17) is 18.9 Å². The highest BCUT2D eigenvalue weighted by atomic mass is 16.7. The Kier molecular flexibility index (Phi) is 4.76. The van der Waals surface area contributed by atoms with Crippen molar-refractivity contribution >= 4 is 5.91 Å². The van der Waals surface area contributed by atoms with Gasteiger partial charge in [-0.3, -0.25) is 4.79 Å². The molecule has 0 aromatic heterocycles. The molecule has 2 aliphatic rings. The van der Waals surface area contributed by atoms with Gasteiger partial charge in [-0.1, -0.05) is 0 Å². The number of aliphatic hydroxyl groups excluding tert-OH is 3. The summed E-state index contributed by atoms with van der Waals surface area (Å²) in [6, 6.07) is 3.85. The number of aliphatic hydroxyl groups is 3. The second-order valence-corrected chi connectivity index (χ2v) is 5.57. The van der Waals surface area contributed by atoms with Crippen molar-refractivity contribution in [2.75, 3.05) is 13.4 Å². The molecule has 0 radical (unpaired) electrons. The zero-order valence-corrected chi connectivity index (χ0v) is 12.9. The van der Waals surface area contributed by atoms with Gasteiger partial charge < -0.3 is 39.6 Å². The number of carbonyl (C=O) groups excluding carboxylic acids is 1. The standard InChI is InChI=1S/C15H19NO8/c1-7(18)16-12-14(20)13(19)11(5-17)24-15(12)23-8-2-3-9-10(4-8)22-6-21-9/h2-4,11-15,17,19-20H,5-6H2,1H3,(H,16,18). The van der Waals surface area contributed by atoms with E-state index in [2.05, 4.69) is 5.32 Å². The first-order valence-corrected chi connectivity index (χ1v) is 7.45. The van der Waals surface area contributed by atoms with Gasteiger partial charge in [0.15, 0.2) is 11.5 Å². The van der Waals surface area contributed by atoms with Gasteiger partial charge in [-0.2, -0.15) is 0 Å². The molecule has 1 amide bonds. The molecule has 24 heavy (non-hydrogen) atoms. The van der Waals surface area contributed by atoms with Gasteiger partial charge in [0.1, 0.15) is 30.1 Å². The Hall–Kier alpha value is -2.07. The van der Waals surface area contributed by atoms with E-state index in [0.717, 1.165) is 0 Å².